The molecule has 0 unspecified atom stereocenters. The fourth-order valence-electron chi connectivity index (χ4n) is 0.0481. The Morgan fingerprint density at radius 1 is 2.00 bits per heavy atom. The third-order valence-electron chi connectivity index (χ3n) is 0.429. The molecule has 2 N–H and O–H groups in total. The molecule has 0 saturated carbocycles. The predicted molar refractivity (Wildman–Crippen MR) is 24.3 cm³/mol. The first-order valence-corrected chi connectivity index (χ1v) is 1.64. The van der Waals surface area contributed by atoms with Crippen LogP contribution in [0.15, 0.2) is 12.2 Å². The van der Waals surface area contributed by atoms with E-state index in [4.69, 9.17) is 5.73 Å². The molecule has 0 aliphatic heterocycles. The normalized spacial score (nSPS) is 7.50. The first-order chi connectivity index (χ1) is 2.81. The van der Waals surface area contributed by atoms with Gasteiger partial charge in [-0.05, 0) is 5.57 Å². The lowest BCUT2D eigenvalue weighted by Crippen LogP contribution is -2.01. The Balaban J connectivity index is 3.23. The summed E-state index contributed by atoms with van der Waals surface area (Å²) in [6.45, 7) is 3.57. The molecule has 6 heavy (non-hydrogen) atoms. The minimum atomic E-state index is 0.267. The lowest BCUT2D eigenvalue weighted by Gasteiger charge is -1.80. The van der Waals surface area contributed by atoms with E-state index in [0.717, 1.165) is 0 Å². The van der Waals surface area contributed by atoms with E-state index in [1.165, 1.54) is 0 Å². The van der Waals surface area contributed by atoms with Crippen LogP contribution in [0.25, 0.3) is 0 Å². The molecule has 34 valence electrons. The van der Waals surface area contributed by atoms with Gasteiger partial charge in [-0.2, -0.15) is 0 Å². The molecule has 0 spiro atoms. The summed E-state index contributed by atoms with van der Waals surface area (Å²) in [6.07, 6.45) is 0.653. The van der Waals surface area contributed by atoms with Crippen LogP contribution in [0, 0.1) is 0 Å². The summed E-state index contributed by atoms with van der Waals surface area (Å²) in [4.78, 5) is 9.56. The molecule has 0 heterocycles. The number of aldehydes is 1. The number of rotatable bonds is 2. The van der Waals surface area contributed by atoms with Crippen molar-refractivity contribution in [3.8, 4) is 0 Å². The standard InChI is InChI=1S/C4H7NO/c1-4(2-5)3-6/h3H,1-2,5H2. The predicted octanol–water partition coefficient (Wildman–Crippen LogP) is -0.300. The summed E-state index contributed by atoms with van der Waals surface area (Å²) in [5, 5.41) is 0. The van der Waals surface area contributed by atoms with Crippen LogP contribution < -0.4 is 5.73 Å². The third kappa shape index (κ3) is 1.67. The lowest BCUT2D eigenvalue weighted by atomic mass is 10.4. The van der Waals surface area contributed by atoms with Crippen molar-refractivity contribution in [1.29, 1.82) is 0 Å². The highest BCUT2D eigenvalue weighted by Gasteiger charge is 1.77. The molecule has 0 rings (SSSR count). The first-order valence-electron chi connectivity index (χ1n) is 1.64. The van der Waals surface area contributed by atoms with Crippen LogP contribution in [-0.4, -0.2) is 12.8 Å². The van der Waals surface area contributed by atoms with Gasteiger partial charge in [0.2, 0.25) is 0 Å². The second-order valence-corrected chi connectivity index (χ2v) is 0.980. The Morgan fingerprint density at radius 3 is 2.50 bits per heavy atom. The van der Waals surface area contributed by atoms with E-state index in [0.29, 0.717) is 11.9 Å². The van der Waals surface area contributed by atoms with E-state index in [2.05, 4.69) is 6.58 Å². The molecule has 0 aromatic heterocycles. The van der Waals surface area contributed by atoms with Crippen LogP contribution in [0.2, 0.25) is 0 Å². The van der Waals surface area contributed by atoms with Crippen LogP contribution in [-0.2, 0) is 4.79 Å². The van der Waals surface area contributed by atoms with Gasteiger partial charge in [0.15, 0.2) is 0 Å². The lowest BCUT2D eigenvalue weighted by molar-refractivity contribution is -0.104. The largest absolute Gasteiger partial charge is 0.326 e. The van der Waals surface area contributed by atoms with Gasteiger partial charge in [0, 0.05) is 6.54 Å². The van der Waals surface area contributed by atoms with Gasteiger partial charge < -0.3 is 5.73 Å². The molecule has 0 saturated heterocycles. The number of hydrogen-bond donors (Lipinski definition) is 1. The highest BCUT2D eigenvalue weighted by molar-refractivity contribution is 5.72. The Bertz CT molecular complexity index is 67.9. The third-order valence-corrected chi connectivity index (χ3v) is 0.429. The van der Waals surface area contributed by atoms with Crippen molar-refractivity contribution in [2.75, 3.05) is 6.54 Å². The van der Waals surface area contributed by atoms with Gasteiger partial charge in [0.1, 0.15) is 6.29 Å². The van der Waals surface area contributed by atoms with E-state index in [1.54, 1.807) is 0 Å². The minimum absolute atomic E-state index is 0.267. The molecule has 2 heteroatoms. The summed E-state index contributed by atoms with van der Waals surface area (Å²) in [6, 6.07) is 0. The Hall–Kier alpha value is -0.630. The molecule has 0 amide bonds. The fourth-order valence-corrected chi connectivity index (χ4v) is 0.0481. The topological polar surface area (TPSA) is 43.1 Å². The smallest absolute Gasteiger partial charge is 0.146 e. The summed E-state index contributed by atoms with van der Waals surface area (Å²) in [5.74, 6) is 0. The molecule has 0 aromatic rings. The number of carbonyl (C=O) groups excluding carboxylic acids is 1. The molecule has 0 bridgehead atoms. The maximum atomic E-state index is 9.56. The Kier molecular flexibility index (Phi) is 2.33. The zero-order valence-electron chi connectivity index (χ0n) is 3.48. The van der Waals surface area contributed by atoms with Gasteiger partial charge in [-0.25, -0.2) is 0 Å². The molecule has 0 fully saturated rings. The van der Waals surface area contributed by atoms with Crippen molar-refractivity contribution in [1.82, 2.24) is 0 Å². The summed E-state index contributed by atoms with van der Waals surface area (Å²) >= 11 is 0. The number of nitrogens with two attached hydrogens (primary N) is 1. The quantitative estimate of drug-likeness (QED) is 0.369. The summed E-state index contributed by atoms with van der Waals surface area (Å²) in [7, 11) is 0. The number of hydrogen-bond acceptors (Lipinski definition) is 2. The SMILES string of the molecule is C=C(C=O)CN. The van der Waals surface area contributed by atoms with Crippen molar-refractivity contribution in [3.05, 3.63) is 12.2 Å². The molecule has 2 nitrogen and oxygen atoms in total. The van der Waals surface area contributed by atoms with Gasteiger partial charge in [0.25, 0.3) is 0 Å². The minimum Gasteiger partial charge on any atom is -0.326 e. The van der Waals surface area contributed by atoms with E-state index in [-0.39, 0.29) is 6.54 Å². The van der Waals surface area contributed by atoms with Gasteiger partial charge in [-0.1, -0.05) is 6.58 Å². The maximum Gasteiger partial charge on any atom is 0.146 e. The highest BCUT2D eigenvalue weighted by Crippen LogP contribution is 1.71. The number of carbonyl (C=O) groups is 1. The molecular weight excluding hydrogens is 78.1 g/mol. The van der Waals surface area contributed by atoms with Crippen molar-refractivity contribution < 1.29 is 4.79 Å². The van der Waals surface area contributed by atoms with Crippen LogP contribution in [0.4, 0.5) is 0 Å². The summed E-state index contributed by atoms with van der Waals surface area (Å²) < 4.78 is 0. The average Bonchev–Trinajstić information content (AvgIpc) is 1.65. The maximum absolute atomic E-state index is 9.56. The van der Waals surface area contributed by atoms with Crippen molar-refractivity contribution in [2.45, 2.75) is 0 Å². The van der Waals surface area contributed by atoms with Crippen LogP contribution in [0.3, 0.4) is 0 Å². The molecule has 0 atom stereocenters. The van der Waals surface area contributed by atoms with Crippen LogP contribution in [0.1, 0.15) is 0 Å². The second-order valence-electron chi connectivity index (χ2n) is 0.980. The van der Waals surface area contributed by atoms with E-state index >= 15 is 0 Å². The Morgan fingerprint density at radius 2 is 2.50 bits per heavy atom. The van der Waals surface area contributed by atoms with Gasteiger partial charge in [-0.15, -0.1) is 0 Å². The van der Waals surface area contributed by atoms with Gasteiger partial charge >= 0.3 is 0 Å². The van der Waals surface area contributed by atoms with Crippen LogP contribution >= 0.6 is 0 Å². The average molecular weight is 85.1 g/mol. The van der Waals surface area contributed by atoms with Crippen molar-refractivity contribution in [2.24, 2.45) is 5.73 Å². The first kappa shape index (κ1) is 5.37. The molecule has 0 aliphatic rings. The van der Waals surface area contributed by atoms with E-state index < -0.39 is 0 Å². The molecule has 0 aliphatic carbocycles. The highest BCUT2D eigenvalue weighted by atomic mass is 16.1. The Labute approximate surface area is 36.6 Å². The zero-order valence-corrected chi connectivity index (χ0v) is 3.48. The van der Waals surface area contributed by atoms with Crippen molar-refractivity contribution >= 4 is 6.29 Å². The monoisotopic (exact) mass is 85.1 g/mol. The molecular formula is C4H7NO. The molecule has 0 aromatic carbocycles. The fraction of sp³-hybridized carbons (Fsp3) is 0.250. The molecule has 0 radical (unpaired) electrons. The van der Waals surface area contributed by atoms with E-state index in [9.17, 15) is 4.79 Å². The summed E-state index contributed by atoms with van der Waals surface area (Å²) in [5.41, 5.74) is 5.39. The van der Waals surface area contributed by atoms with Gasteiger partial charge in [0.05, 0.1) is 0 Å². The zero-order chi connectivity index (χ0) is 4.99. The van der Waals surface area contributed by atoms with Crippen LogP contribution in [0.5, 0.6) is 0 Å². The van der Waals surface area contributed by atoms with Crippen molar-refractivity contribution in [3.63, 3.8) is 0 Å². The second kappa shape index (κ2) is 2.60. The van der Waals surface area contributed by atoms with E-state index in [1.807, 2.05) is 0 Å². The van der Waals surface area contributed by atoms with Gasteiger partial charge in [-0.3, -0.25) is 4.79 Å².